The van der Waals surface area contributed by atoms with Gasteiger partial charge in [0.05, 0.1) is 11.5 Å². The fourth-order valence-electron chi connectivity index (χ4n) is 2.07. The first-order valence-electron chi connectivity index (χ1n) is 5.63. The molecule has 0 aromatic heterocycles. The van der Waals surface area contributed by atoms with E-state index in [4.69, 9.17) is 5.73 Å². The van der Waals surface area contributed by atoms with Crippen molar-refractivity contribution in [2.75, 3.05) is 31.1 Å². The maximum atomic E-state index is 11.4. The van der Waals surface area contributed by atoms with E-state index >= 15 is 0 Å². The number of hydrogen-bond donors (Lipinski definition) is 1. The Morgan fingerprint density at radius 3 is 2.60 bits per heavy atom. The molecule has 0 radical (unpaired) electrons. The van der Waals surface area contributed by atoms with Crippen LogP contribution in [0.1, 0.15) is 20.3 Å². The van der Waals surface area contributed by atoms with E-state index in [0.717, 1.165) is 19.5 Å². The number of nitrogens with two attached hydrogens (primary N) is 1. The summed E-state index contributed by atoms with van der Waals surface area (Å²) in [4.78, 5) is 2.25. The van der Waals surface area contributed by atoms with Gasteiger partial charge in [0.1, 0.15) is 0 Å². The fourth-order valence-corrected chi connectivity index (χ4v) is 3.84. The maximum absolute atomic E-state index is 11.4. The molecule has 1 fully saturated rings. The van der Waals surface area contributed by atoms with Crippen molar-refractivity contribution >= 4 is 9.84 Å². The average molecular weight is 234 g/mol. The molecule has 0 saturated carbocycles. The van der Waals surface area contributed by atoms with E-state index in [-0.39, 0.29) is 6.04 Å². The van der Waals surface area contributed by atoms with Gasteiger partial charge in [0, 0.05) is 12.6 Å². The van der Waals surface area contributed by atoms with Crippen molar-refractivity contribution in [1.82, 2.24) is 4.90 Å². The van der Waals surface area contributed by atoms with Gasteiger partial charge in [-0.2, -0.15) is 0 Å². The molecule has 0 amide bonds. The van der Waals surface area contributed by atoms with E-state index in [1.165, 1.54) is 0 Å². The Kier molecular flexibility index (Phi) is 4.55. The lowest BCUT2D eigenvalue weighted by molar-refractivity contribution is 0.196. The summed E-state index contributed by atoms with van der Waals surface area (Å²) in [5, 5.41) is 0. The normalized spacial score (nSPS) is 27.1. The van der Waals surface area contributed by atoms with Crippen molar-refractivity contribution in [3.63, 3.8) is 0 Å². The molecule has 0 bridgehead atoms. The third-order valence-electron chi connectivity index (χ3n) is 3.08. The minimum Gasteiger partial charge on any atom is -0.330 e. The van der Waals surface area contributed by atoms with Crippen LogP contribution in [0.15, 0.2) is 0 Å². The van der Waals surface area contributed by atoms with Gasteiger partial charge in [-0.1, -0.05) is 13.8 Å². The third-order valence-corrected chi connectivity index (χ3v) is 4.83. The van der Waals surface area contributed by atoms with E-state index in [9.17, 15) is 8.42 Å². The first-order valence-corrected chi connectivity index (χ1v) is 7.45. The standard InChI is InChI=1S/C10H22N2O2S/c1-3-12(7-9(2)6-11)10-4-5-15(13,14)8-10/h9-10H,3-8,11H2,1-2H3. The molecule has 1 rings (SSSR count). The molecular weight excluding hydrogens is 212 g/mol. The van der Waals surface area contributed by atoms with Gasteiger partial charge in [0.15, 0.2) is 9.84 Å². The van der Waals surface area contributed by atoms with Crippen molar-refractivity contribution in [3.05, 3.63) is 0 Å². The van der Waals surface area contributed by atoms with Crippen LogP contribution in [-0.4, -0.2) is 50.5 Å². The van der Waals surface area contributed by atoms with Crippen molar-refractivity contribution in [2.45, 2.75) is 26.3 Å². The summed E-state index contributed by atoms with van der Waals surface area (Å²) in [5.41, 5.74) is 5.58. The smallest absolute Gasteiger partial charge is 0.151 e. The first kappa shape index (κ1) is 12.9. The Balaban J connectivity index is 2.53. The quantitative estimate of drug-likeness (QED) is 0.732. The van der Waals surface area contributed by atoms with Crippen LogP contribution in [0.3, 0.4) is 0 Å². The molecule has 90 valence electrons. The molecule has 2 unspecified atom stereocenters. The predicted molar refractivity (Wildman–Crippen MR) is 62.5 cm³/mol. The topological polar surface area (TPSA) is 63.4 Å². The number of rotatable bonds is 5. The van der Waals surface area contributed by atoms with Gasteiger partial charge in [-0.3, -0.25) is 4.90 Å². The SMILES string of the molecule is CCN(CC(C)CN)C1CCS(=O)(=O)C1. The first-order chi connectivity index (χ1) is 6.98. The van der Waals surface area contributed by atoms with E-state index < -0.39 is 9.84 Å². The molecule has 0 aliphatic carbocycles. The van der Waals surface area contributed by atoms with Gasteiger partial charge in [-0.15, -0.1) is 0 Å². The average Bonchev–Trinajstić information content (AvgIpc) is 2.54. The molecule has 1 aliphatic heterocycles. The molecule has 15 heavy (non-hydrogen) atoms. The summed E-state index contributed by atoms with van der Waals surface area (Å²) in [5.74, 6) is 1.12. The lowest BCUT2D eigenvalue weighted by Gasteiger charge is -2.28. The molecule has 2 atom stereocenters. The van der Waals surface area contributed by atoms with E-state index in [0.29, 0.717) is 24.0 Å². The Hall–Kier alpha value is -0.130. The van der Waals surface area contributed by atoms with Crippen molar-refractivity contribution in [3.8, 4) is 0 Å². The maximum Gasteiger partial charge on any atom is 0.151 e. The van der Waals surface area contributed by atoms with Crippen molar-refractivity contribution in [1.29, 1.82) is 0 Å². The summed E-state index contributed by atoms with van der Waals surface area (Å²) in [6, 6.07) is 0.217. The minimum atomic E-state index is -2.77. The summed E-state index contributed by atoms with van der Waals surface area (Å²) in [7, 11) is -2.77. The van der Waals surface area contributed by atoms with E-state index in [1.807, 2.05) is 0 Å². The van der Waals surface area contributed by atoms with Crippen molar-refractivity contribution in [2.24, 2.45) is 11.7 Å². The number of hydrogen-bond acceptors (Lipinski definition) is 4. The van der Waals surface area contributed by atoms with Crippen LogP contribution in [0.4, 0.5) is 0 Å². The second-order valence-corrected chi connectivity index (χ2v) is 6.71. The van der Waals surface area contributed by atoms with Gasteiger partial charge < -0.3 is 5.73 Å². The monoisotopic (exact) mass is 234 g/mol. The zero-order valence-corrected chi connectivity index (χ0v) is 10.5. The predicted octanol–water partition coefficient (Wildman–Crippen LogP) is 0.0902. The molecule has 0 aromatic carbocycles. The Labute approximate surface area is 92.7 Å². The number of nitrogens with zero attached hydrogens (tertiary/aromatic N) is 1. The van der Waals surface area contributed by atoms with E-state index in [2.05, 4.69) is 18.7 Å². The van der Waals surface area contributed by atoms with Gasteiger partial charge in [0.25, 0.3) is 0 Å². The van der Waals surface area contributed by atoms with Crippen LogP contribution in [0, 0.1) is 5.92 Å². The number of sulfone groups is 1. The molecule has 1 saturated heterocycles. The zero-order valence-electron chi connectivity index (χ0n) is 9.65. The van der Waals surface area contributed by atoms with Crippen molar-refractivity contribution < 1.29 is 8.42 Å². The lowest BCUT2D eigenvalue weighted by Crippen LogP contribution is -2.40. The van der Waals surface area contributed by atoms with Gasteiger partial charge >= 0.3 is 0 Å². The summed E-state index contributed by atoms with van der Waals surface area (Å²) in [6.07, 6.45) is 0.785. The summed E-state index contributed by atoms with van der Waals surface area (Å²) < 4.78 is 22.7. The van der Waals surface area contributed by atoms with Crippen LogP contribution >= 0.6 is 0 Å². The Bertz CT molecular complexity index is 290. The van der Waals surface area contributed by atoms with Crippen LogP contribution in [-0.2, 0) is 9.84 Å². The Morgan fingerprint density at radius 2 is 2.20 bits per heavy atom. The highest BCUT2D eigenvalue weighted by Gasteiger charge is 2.31. The molecule has 1 aliphatic rings. The van der Waals surface area contributed by atoms with Crippen LogP contribution in [0.2, 0.25) is 0 Å². The molecule has 0 spiro atoms. The molecular formula is C10H22N2O2S. The summed E-state index contributed by atoms with van der Waals surface area (Å²) >= 11 is 0. The lowest BCUT2D eigenvalue weighted by atomic mass is 10.1. The second-order valence-electron chi connectivity index (χ2n) is 4.49. The highest BCUT2D eigenvalue weighted by atomic mass is 32.2. The minimum absolute atomic E-state index is 0.217. The zero-order chi connectivity index (χ0) is 11.5. The third kappa shape index (κ3) is 3.74. The molecule has 1 heterocycles. The second kappa shape index (κ2) is 5.27. The summed E-state index contributed by atoms with van der Waals surface area (Å²) in [6.45, 7) is 6.66. The van der Waals surface area contributed by atoms with Gasteiger partial charge in [0.2, 0.25) is 0 Å². The van der Waals surface area contributed by atoms with Gasteiger partial charge in [-0.05, 0) is 25.4 Å². The van der Waals surface area contributed by atoms with Crippen LogP contribution in [0.5, 0.6) is 0 Å². The van der Waals surface area contributed by atoms with Crippen LogP contribution in [0.25, 0.3) is 0 Å². The van der Waals surface area contributed by atoms with Crippen LogP contribution < -0.4 is 5.73 Å². The van der Waals surface area contributed by atoms with Gasteiger partial charge in [-0.25, -0.2) is 8.42 Å². The highest BCUT2D eigenvalue weighted by molar-refractivity contribution is 7.91. The highest BCUT2D eigenvalue weighted by Crippen LogP contribution is 2.18. The molecule has 4 nitrogen and oxygen atoms in total. The fraction of sp³-hybridized carbons (Fsp3) is 1.00. The molecule has 2 N–H and O–H groups in total. The largest absolute Gasteiger partial charge is 0.330 e. The molecule has 5 heteroatoms. The molecule has 0 aromatic rings. The Morgan fingerprint density at radius 1 is 1.53 bits per heavy atom. The van der Waals surface area contributed by atoms with E-state index in [1.54, 1.807) is 0 Å².